The predicted octanol–water partition coefficient (Wildman–Crippen LogP) is 4.64. The summed E-state index contributed by atoms with van der Waals surface area (Å²) in [5.41, 5.74) is 8.57. The maximum Gasteiger partial charge on any atom is 0.119 e. The van der Waals surface area contributed by atoms with Crippen LogP contribution in [0.2, 0.25) is 0 Å². The molecule has 3 rings (SSSR count). The van der Waals surface area contributed by atoms with E-state index in [4.69, 9.17) is 10.5 Å². The van der Waals surface area contributed by atoms with Crippen LogP contribution in [0.3, 0.4) is 0 Å². The number of nitrogens with two attached hydrogens (primary N) is 1. The molecule has 0 saturated heterocycles. The molecule has 0 aromatic heterocycles. The molecule has 2 aromatic rings. The lowest BCUT2D eigenvalue weighted by Gasteiger charge is -2.15. The number of hydrogen-bond acceptors (Lipinski definition) is 2. The fourth-order valence-electron chi connectivity index (χ4n) is 2.06. The summed E-state index contributed by atoms with van der Waals surface area (Å²) in [6, 6.07) is 14.2. The minimum absolute atomic E-state index is 0.130. The zero-order chi connectivity index (χ0) is 14.1. The van der Waals surface area contributed by atoms with Crippen LogP contribution in [0.15, 0.2) is 46.9 Å². The standard InChI is InChI=1S/C16H15BrINO/c17-15-8-3-11(18)9-14(15)16(19)10-1-4-12(5-2-10)20-13-6-7-13/h1-5,8-9,13,16H,6-7,19H2. The summed E-state index contributed by atoms with van der Waals surface area (Å²) in [5, 5.41) is 0. The van der Waals surface area contributed by atoms with Crippen LogP contribution in [0.5, 0.6) is 5.75 Å². The highest BCUT2D eigenvalue weighted by Gasteiger charge is 2.23. The SMILES string of the molecule is NC(c1ccc(OC2CC2)cc1)c1cc(I)ccc1Br. The average Bonchev–Trinajstić information content (AvgIpc) is 3.26. The monoisotopic (exact) mass is 443 g/mol. The van der Waals surface area contributed by atoms with Crippen molar-refractivity contribution in [2.24, 2.45) is 5.73 Å². The Bertz CT molecular complexity index is 610. The quantitative estimate of drug-likeness (QED) is 0.698. The summed E-state index contributed by atoms with van der Waals surface area (Å²) < 4.78 is 7.99. The van der Waals surface area contributed by atoms with Crippen molar-refractivity contribution in [2.45, 2.75) is 25.0 Å². The van der Waals surface area contributed by atoms with Gasteiger partial charge in [-0.1, -0.05) is 28.1 Å². The van der Waals surface area contributed by atoms with Crippen LogP contribution in [0, 0.1) is 3.57 Å². The van der Waals surface area contributed by atoms with Crippen molar-refractivity contribution in [1.82, 2.24) is 0 Å². The molecule has 1 aliphatic rings. The van der Waals surface area contributed by atoms with E-state index < -0.39 is 0 Å². The molecular formula is C16H15BrINO. The van der Waals surface area contributed by atoms with Gasteiger partial charge in [-0.3, -0.25) is 0 Å². The third kappa shape index (κ3) is 3.35. The number of rotatable bonds is 4. The van der Waals surface area contributed by atoms with Crippen LogP contribution in [0.4, 0.5) is 0 Å². The van der Waals surface area contributed by atoms with Gasteiger partial charge in [0.2, 0.25) is 0 Å². The third-order valence-electron chi connectivity index (χ3n) is 3.36. The van der Waals surface area contributed by atoms with Crippen LogP contribution < -0.4 is 10.5 Å². The molecule has 0 aliphatic heterocycles. The highest BCUT2D eigenvalue weighted by Crippen LogP contribution is 2.31. The Balaban J connectivity index is 1.81. The van der Waals surface area contributed by atoms with Gasteiger partial charge in [0.15, 0.2) is 0 Å². The van der Waals surface area contributed by atoms with Gasteiger partial charge in [-0.25, -0.2) is 0 Å². The third-order valence-corrected chi connectivity index (χ3v) is 4.75. The van der Waals surface area contributed by atoms with E-state index in [2.05, 4.69) is 62.8 Å². The lowest BCUT2D eigenvalue weighted by atomic mass is 10.00. The second kappa shape index (κ2) is 6.03. The summed E-state index contributed by atoms with van der Waals surface area (Å²) in [4.78, 5) is 0. The van der Waals surface area contributed by atoms with E-state index >= 15 is 0 Å². The van der Waals surface area contributed by atoms with Gasteiger partial charge in [0, 0.05) is 8.04 Å². The maximum absolute atomic E-state index is 6.38. The molecule has 0 bridgehead atoms. The highest BCUT2D eigenvalue weighted by molar-refractivity contribution is 14.1. The molecule has 2 N–H and O–H groups in total. The van der Waals surface area contributed by atoms with Crippen molar-refractivity contribution in [3.05, 3.63) is 61.6 Å². The van der Waals surface area contributed by atoms with Crippen molar-refractivity contribution >= 4 is 38.5 Å². The molecule has 0 heterocycles. The molecule has 0 radical (unpaired) electrons. The van der Waals surface area contributed by atoms with E-state index in [0.717, 1.165) is 21.3 Å². The highest BCUT2D eigenvalue weighted by atomic mass is 127. The Morgan fingerprint density at radius 3 is 2.50 bits per heavy atom. The summed E-state index contributed by atoms with van der Waals surface area (Å²) in [6.07, 6.45) is 2.78. The molecule has 104 valence electrons. The van der Waals surface area contributed by atoms with Gasteiger partial charge in [-0.05, 0) is 76.9 Å². The van der Waals surface area contributed by atoms with E-state index in [0.29, 0.717) is 6.10 Å². The number of benzene rings is 2. The van der Waals surface area contributed by atoms with E-state index in [1.54, 1.807) is 0 Å². The van der Waals surface area contributed by atoms with Crippen LogP contribution in [-0.2, 0) is 0 Å². The Labute approximate surface area is 141 Å². The first-order valence-corrected chi connectivity index (χ1v) is 8.48. The Morgan fingerprint density at radius 1 is 1.15 bits per heavy atom. The number of halogens is 2. The van der Waals surface area contributed by atoms with Gasteiger partial charge in [-0.2, -0.15) is 0 Å². The summed E-state index contributed by atoms with van der Waals surface area (Å²) in [5.74, 6) is 0.935. The van der Waals surface area contributed by atoms with E-state index in [1.165, 1.54) is 16.4 Å². The summed E-state index contributed by atoms with van der Waals surface area (Å²) >= 11 is 5.88. The van der Waals surface area contributed by atoms with Gasteiger partial charge in [-0.15, -0.1) is 0 Å². The van der Waals surface area contributed by atoms with Crippen molar-refractivity contribution in [1.29, 1.82) is 0 Å². The normalized spacial score (nSPS) is 15.9. The Morgan fingerprint density at radius 2 is 1.85 bits per heavy atom. The van der Waals surface area contributed by atoms with E-state index in [9.17, 15) is 0 Å². The average molecular weight is 444 g/mol. The minimum atomic E-state index is -0.130. The smallest absolute Gasteiger partial charge is 0.119 e. The first kappa shape index (κ1) is 14.4. The van der Waals surface area contributed by atoms with Crippen LogP contribution in [-0.4, -0.2) is 6.10 Å². The summed E-state index contributed by atoms with van der Waals surface area (Å²) in [7, 11) is 0. The van der Waals surface area contributed by atoms with E-state index in [1.807, 2.05) is 18.2 Å². The van der Waals surface area contributed by atoms with Gasteiger partial charge < -0.3 is 10.5 Å². The Hall–Kier alpha value is -0.590. The fraction of sp³-hybridized carbons (Fsp3) is 0.250. The molecule has 1 atom stereocenters. The molecule has 20 heavy (non-hydrogen) atoms. The number of ether oxygens (including phenoxy) is 1. The second-order valence-corrected chi connectivity index (χ2v) is 7.13. The van der Waals surface area contributed by atoms with Crippen molar-refractivity contribution in [3.8, 4) is 5.75 Å². The zero-order valence-electron chi connectivity index (χ0n) is 10.9. The minimum Gasteiger partial charge on any atom is -0.490 e. The van der Waals surface area contributed by atoms with Crippen LogP contribution in [0.1, 0.15) is 30.0 Å². The van der Waals surface area contributed by atoms with E-state index in [-0.39, 0.29) is 6.04 Å². The van der Waals surface area contributed by atoms with Crippen LogP contribution in [0.25, 0.3) is 0 Å². The number of hydrogen-bond donors (Lipinski definition) is 1. The molecular weight excluding hydrogens is 429 g/mol. The predicted molar refractivity (Wildman–Crippen MR) is 93.0 cm³/mol. The largest absolute Gasteiger partial charge is 0.490 e. The first-order chi connectivity index (χ1) is 9.63. The molecule has 0 spiro atoms. The van der Waals surface area contributed by atoms with Crippen LogP contribution >= 0.6 is 38.5 Å². The molecule has 1 saturated carbocycles. The molecule has 1 aliphatic carbocycles. The second-order valence-electron chi connectivity index (χ2n) is 5.03. The fourth-order valence-corrected chi connectivity index (χ4v) is 3.07. The molecule has 4 heteroatoms. The first-order valence-electron chi connectivity index (χ1n) is 6.60. The lowest BCUT2D eigenvalue weighted by molar-refractivity contribution is 0.303. The van der Waals surface area contributed by atoms with Gasteiger partial charge in [0.1, 0.15) is 5.75 Å². The molecule has 1 fully saturated rings. The Kier molecular flexibility index (Phi) is 4.33. The maximum atomic E-state index is 6.38. The summed E-state index contributed by atoms with van der Waals surface area (Å²) in [6.45, 7) is 0. The van der Waals surface area contributed by atoms with Crippen molar-refractivity contribution in [2.75, 3.05) is 0 Å². The van der Waals surface area contributed by atoms with Crippen molar-refractivity contribution < 1.29 is 4.74 Å². The molecule has 2 nitrogen and oxygen atoms in total. The molecule has 0 amide bonds. The van der Waals surface area contributed by atoms with Gasteiger partial charge >= 0.3 is 0 Å². The topological polar surface area (TPSA) is 35.2 Å². The van der Waals surface area contributed by atoms with Gasteiger partial charge in [0.25, 0.3) is 0 Å². The lowest BCUT2D eigenvalue weighted by Crippen LogP contribution is -2.12. The molecule has 2 aromatic carbocycles. The van der Waals surface area contributed by atoms with Gasteiger partial charge in [0.05, 0.1) is 12.1 Å². The van der Waals surface area contributed by atoms with Crippen molar-refractivity contribution in [3.63, 3.8) is 0 Å². The molecule has 1 unspecified atom stereocenters. The zero-order valence-corrected chi connectivity index (χ0v) is 14.6.